The number of aryl methyl sites for hydroxylation is 1. The topological polar surface area (TPSA) is 66.5 Å². The molecule has 1 aromatic carbocycles. The maximum atomic E-state index is 11.8. The average molecular weight is 280 g/mol. The molecule has 1 amide bonds. The number of rotatable bonds is 1. The van der Waals surface area contributed by atoms with Gasteiger partial charge in [-0.3, -0.25) is 4.79 Å². The summed E-state index contributed by atoms with van der Waals surface area (Å²) in [5, 5.41) is 2.79. The molecule has 0 bridgehead atoms. The fraction of sp³-hybridized carbons (Fsp3) is 0.462. The van der Waals surface area contributed by atoms with Gasteiger partial charge in [-0.05, 0) is 24.6 Å². The van der Waals surface area contributed by atoms with Crippen molar-refractivity contribution in [2.75, 3.05) is 23.0 Å². The van der Waals surface area contributed by atoms with Gasteiger partial charge in [-0.15, -0.1) is 0 Å². The van der Waals surface area contributed by atoms with E-state index < -0.39 is 9.84 Å². The first-order valence-corrected chi connectivity index (χ1v) is 8.10. The molecule has 2 atom stereocenters. The van der Waals surface area contributed by atoms with E-state index in [4.69, 9.17) is 0 Å². The number of carbonyl (C=O) groups is 1. The van der Waals surface area contributed by atoms with Crippen molar-refractivity contribution in [2.24, 2.45) is 0 Å². The van der Waals surface area contributed by atoms with E-state index in [1.165, 1.54) is 0 Å². The van der Waals surface area contributed by atoms with Crippen molar-refractivity contribution in [2.45, 2.75) is 19.0 Å². The first-order chi connectivity index (χ1) is 8.94. The molecular formula is C13H16N2O3S. The fourth-order valence-electron chi connectivity index (χ4n) is 2.89. The summed E-state index contributed by atoms with van der Waals surface area (Å²) in [4.78, 5) is 13.7. The van der Waals surface area contributed by atoms with Gasteiger partial charge in [-0.2, -0.15) is 0 Å². The van der Waals surface area contributed by atoms with Crippen molar-refractivity contribution >= 4 is 21.4 Å². The van der Waals surface area contributed by atoms with E-state index in [0.717, 1.165) is 11.3 Å². The highest BCUT2D eigenvalue weighted by Crippen LogP contribution is 2.27. The largest absolute Gasteiger partial charge is 0.356 e. The predicted octanol–water partition coefficient (Wildman–Crippen LogP) is 0.0968. The lowest BCUT2D eigenvalue weighted by atomic mass is 10.1. The third-order valence-corrected chi connectivity index (χ3v) is 5.43. The number of benzene rings is 1. The third-order valence-electron chi connectivity index (χ3n) is 3.72. The van der Waals surface area contributed by atoms with E-state index in [-0.39, 0.29) is 36.0 Å². The minimum Gasteiger partial charge on any atom is -0.356 e. The lowest BCUT2D eigenvalue weighted by Gasteiger charge is -2.38. The molecule has 0 aliphatic carbocycles. The molecule has 2 aliphatic rings. The number of fused-ring (bicyclic) bond motifs is 1. The van der Waals surface area contributed by atoms with Gasteiger partial charge >= 0.3 is 0 Å². The lowest BCUT2D eigenvalue weighted by Crippen LogP contribution is -2.60. The van der Waals surface area contributed by atoms with Crippen molar-refractivity contribution in [3.63, 3.8) is 0 Å². The maximum absolute atomic E-state index is 11.8. The van der Waals surface area contributed by atoms with Crippen LogP contribution in [-0.4, -0.2) is 44.5 Å². The average Bonchev–Trinajstić information content (AvgIpc) is 2.62. The Labute approximate surface area is 112 Å². The fourth-order valence-corrected chi connectivity index (χ4v) is 4.81. The molecule has 2 aliphatic heterocycles. The highest BCUT2D eigenvalue weighted by molar-refractivity contribution is 7.91. The van der Waals surface area contributed by atoms with E-state index >= 15 is 0 Å². The van der Waals surface area contributed by atoms with Gasteiger partial charge in [0.2, 0.25) is 5.91 Å². The second-order valence-electron chi connectivity index (χ2n) is 5.29. The SMILES string of the molecule is Cc1cccc(N2CC(=O)N[C@@H]3CS(=O)(=O)C[C@H]32)c1. The molecule has 2 heterocycles. The minimum atomic E-state index is -3.06. The molecule has 2 saturated heterocycles. The third kappa shape index (κ3) is 2.32. The van der Waals surface area contributed by atoms with Crippen molar-refractivity contribution in [1.82, 2.24) is 5.32 Å². The Kier molecular flexibility index (Phi) is 2.78. The second-order valence-corrected chi connectivity index (χ2v) is 7.44. The van der Waals surface area contributed by atoms with Crippen LogP contribution in [0.4, 0.5) is 5.69 Å². The van der Waals surface area contributed by atoms with Crippen LogP contribution in [0.2, 0.25) is 0 Å². The van der Waals surface area contributed by atoms with Crippen molar-refractivity contribution < 1.29 is 13.2 Å². The number of nitrogens with zero attached hydrogens (tertiary/aromatic N) is 1. The van der Waals surface area contributed by atoms with E-state index in [0.29, 0.717) is 0 Å². The van der Waals surface area contributed by atoms with Crippen LogP contribution in [0.5, 0.6) is 0 Å². The molecule has 0 unspecified atom stereocenters. The number of hydrogen-bond donors (Lipinski definition) is 1. The molecule has 5 nitrogen and oxygen atoms in total. The highest BCUT2D eigenvalue weighted by atomic mass is 32.2. The number of sulfone groups is 1. The van der Waals surface area contributed by atoms with Crippen LogP contribution in [0.3, 0.4) is 0 Å². The quantitative estimate of drug-likeness (QED) is 0.792. The van der Waals surface area contributed by atoms with Gasteiger partial charge in [0.05, 0.1) is 30.1 Å². The zero-order valence-electron chi connectivity index (χ0n) is 10.7. The molecule has 0 saturated carbocycles. The Hall–Kier alpha value is -1.56. The Bertz CT molecular complexity index is 627. The summed E-state index contributed by atoms with van der Waals surface area (Å²) in [5.41, 5.74) is 2.02. The molecule has 3 rings (SSSR count). The number of hydrogen-bond acceptors (Lipinski definition) is 4. The van der Waals surface area contributed by atoms with Gasteiger partial charge < -0.3 is 10.2 Å². The Balaban J connectivity index is 1.98. The first-order valence-electron chi connectivity index (χ1n) is 6.28. The van der Waals surface area contributed by atoms with E-state index in [2.05, 4.69) is 5.32 Å². The summed E-state index contributed by atoms with van der Waals surface area (Å²) >= 11 is 0. The lowest BCUT2D eigenvalue weighted by molar-refractivity contribution is -0.121. The smallest absolute Gasteiger partial charge is 0.239 e. The number of amides is 1. The van der Waals surface area contributed by atoms with Crippen molar-refractivity contribution in [1.29, 1.82) is 0 Å². The number of nitrogens with one attached hydrogen (secondary N) is 1. The molecule has 0 radical (unpaired) electrons. The van der Waals surface area contributed by atoms with Crippen LogP contribution < -0.4 is 10.2 Å². The van der Waals surface area contributed by atoms with E-state index in [9.17, 15) is 13.2 Å². The van der Waals surface area contributed by atoms with Crippen LogP contribution in [0.1, 0.15) is 5.56 Å². The molecule has 0 spiro atoms. The summed E-state index contributed by atoms with van der Waals surface area (Å²) in [6, 6.07) is 7.39. The summed E-state index contributed by atoms with van der Waals surface area (Å²) in [6.45, 7) is 2.20. The van der Waals surface area contributed by atoms with Gasteiger partial charge in [0, 0.05) is 5.69 Å². The molecule has 6 heteroatoms. The number of anilines is 1. The van der Waals surface area contributed by atoms with Gasteiger partial charge in [-0.25, -0.2) is 8.42 Å². The van der Waals surface area contributed by atoms with Crippen LogP contribution in [0.25, 0.3) is 0 Å². The highest BCUT2D eigenvalue weighted by Gasteiger charge is 2.45. The minimum absolute atomic E-state index is 0.0473. The van der Waals surface area contributed by atoms with Crippen molar-refractivity contribution in [3.8, 4) is 0 Å². The number of carbonyl (C=O) groups excluding carboxylic acids is 1. The van der Waals surface area contributed by atoms with E-state index in [1.807, 2.05) is 36.1 Å². The molecule has 0 aromatic heterocycles. The molecule has 2 fully saturated rings. The summed E-state index contributed by atoms with van der Waals surface area (Å²) in [5.74, 6) is 0.0531. The molecule has 1 N–H and O–H groups in total. The van der Waals surface area contributed by atoms with E-state index in [1.54, 1.807) is 0 Å². The molecular weight excluding hydrogens is 264 g/mol. The first kappa shape index (κ1) is 12.5. The molecule has 1 aromatic rings. The zero-order chi connectivity index (χ0) is 13.6. The Morgan fingerprint density at radius 1 is 1.32 bits per heavy atom. The van der Waals surface area contributed by atoms with Crippen LogP contribution in [-0.2, 0) is 14.6 Å². The summed E-state index contributed by atoms with van der Waals surface area (Å²) < 4.78 is 23.5. The zero-order valence-corrected chi connectivity index (χ0v) is 11.5. The summed E-state index contributed by atoms with van der Waals surface area (Å²) in [7, 11) is -3.06. The van der Waals surface area contributed by atoms with Crippen molar-refractivity contribution in [3.05, 3.63) is 29.8 Å². The Morgan fingerprint density at radius 2 is 2.11 bits per heavy atom. The predicted molar refractivity (Wildman–Crippen MR) is 72.9 cm³/mol. The standard InChI is InChI=1S/C13H16N2O3S/c1-9-3-2-4-10(5-9)15-6-13(16)14-11-7-19(17,18)8-12(11)15/h2-5,11-12H,6-8H2,1H3,(H,14,16)/t11-,12-/m1/s1. The number of piperazine rings is 1. The monoisotopic (exact) mass is 280 g/mol. The summed E-state index contributed by atoms with van der Waals surface area (Å²) in [6.07, 6.45) is 0. The maximum Gasteiger partial charge on any atom is 0.239 e. The van der Waals surface area contributed by atoms with Crippen LogP contribution in [0.15, 0.2) is 24.3 Å². The van der Waals surface area contributed by atoms with Gasteiger partial charge in [0.1, 0.15) is 0 Å². The Morgan fingerprint density at radius 3 is 2.84 bits per heavy atom. The van der Waals surface area contributed by atoms with Crippen LogP contribution in [0, 0.1) is 6.92 Å². The normalized spacial score (nSPS) is 28.9. The van der Waals surface area contributed by atoms with Gasteiger partial charge in [-0.1, -0.05) is 12.1 Å². The second kappa shape index (κ2) is 4.23. The molecule has 102 valence electrons. The van der Waals surface area contributed by atoms with Gasteiger partial charge in [0.15, 0.2) is 9.84 Å². The van der Waals surface area contributed by atoms with Gasteiger partial charge in [0.25, 0.3) is 0 Å². The molecule has 19 heavy (non-hydrogen) atoms. The van der Waals surface area contributed by atoms with Crippen LogP contribution >= 0.6 is 0 Å².